The zero-order valence-electron chi connectivity index (χ0n) is 9.89. The molecule has 83 valence electrons. The summed E-state index contributed by atoms with van der Waals surface area (Å²) in [4.78, 5) is 0. The second kappa shape index (κ2) is 5.55. The molecule has 2 atom stereocenters. The Labute approximate surface area is 98.7 Å². The highest BCUT2D eigenvalue weighted by molar-refractivity contribution is 6.31. The van der Waals surface area contributed by atoms with Gasteiger partial charge in [-0.2, -0.15) is 0 Å². The Hall–Kier alpha value is -0.490. The van der Waals surface area contributed by atoms with Crippen molar-refractivity contribution in [3.63, 3.8) is 0 Å². The molecule has 0 N–H and O–H groups in total. The second-order valence-corrected chi connectivity index (χ2v) is 4.60. The molecule has 0 heterocycles. The molecule has 0 bridgehead atoms. The first kappa shape index (κ1) is 12.6. The molecular weight excluding hydrogens is 204 g/mol. The SMILES string of the molecule is [CH2]C(CC)c1ccc(C(C)CC)cc1Cl. The van der Waals surface area contributed by atoms with Gasteiger partial charge >= 0.3 is 0 Å². The van der Waals surface area contributed by atoms with Crippen LogP contribution in [0.5, 0.6) is 0 Å². The van der Waals surface area contributed by atoms with E-state index in [0.717, 1.165) is 17.9 Å². The second-order valence-electron chi connectivity index (χ2n) is 4.20. The molecule has 0 nitrogen and oxygen atoms in total. The molecule has 0 amide bonds. The fourth-order valence-corrected chi connectivity index (χ4v) is 1.98. The Morgan fingerprint density at radius 3 is 2.40 bits per heavy atom. The van der Waals surface area contributed by atoms with Crippen LogP contribution in [-0.4, -0.2) is 0 Å². The van der Waals surface area contributed by atoms with Crippen LogP contribution in [0.15, 0.2) is 18.2 Å². The topological polar surface area (TPSA) is 0 Å². The molecule has 1 aromatic carbocycles. The molecular formula is C14H20Cl. The fraction of sp³-hybridized carbons (Fsp3) is 0.500. The van der Waals surface area contributed by atoms with Crippen LogP contribution in [0.25, 0.3) is 0 Å². The molecule has 0 aromatic heterocycles. The largest absolute Gasteiger partial charge is 0.0840 e. The van der Waals surface area contributed by atoms with Crippen LogP contribution >= 0.6 is 11.6 Å². The normalized spacial score (nSPS) is 15.0. The van der Waals surface area contributed by atoms with Crippen molar-refractivity contribution in [2.24, 2.45) is 0 Å². The van der Waals surface area contributed by atoms with Crippen molar-refractivity contribution in [2.45, 2.75) is 45.4 Å². The van der Waals surface area contributed by atoms with E-state index in [0.29, 0.717) is 11.8 Å². The van der Waals surface area contributed by atoms with E-state index in [1.54, 1.807) is 0 Å². The quantitative estimate of drug-likeness (QED) is 0.660. The Balaban J connectivity index is 2.97. The van der Waals surface area contributed by atoms with Gasteiger partial charge in [-0.05, 0) is 48.8 Å². The zero-order valence-corrected chi connectivity index (χ0v) is 10.6. The molecule has 0 aliphatic heterocycles. The summed E-state index contributed by atoms with van der Waals surface area (Å²) in [5, 5.41) is 0.870. The Bertz CT molecular complexity index is 317. The number of benzene rings is 1. The molecule has 0 aliphatic carbocycles. The van der Waals surface area contributed by atoms with Crippen LogP contribution in [0, 0.1) is 6.92 Å². The van der Waals surface area contributed by atoms with E-state index < -0.39 is 0 Å². The van der Waals surface area contributed by atoms with Gasteiger partial charge in [-0.25, -0.2) is 0 Å². The molecule has 1 radical (unpaired) electrons. The summed E-state index contributed by atoms with van der Waals surface area (Å²) in [5.74, 6) is 0.893. The molecule has 0 aliphatic rings. The van der Waals surface area contributed by atoms with Crippen molar-refractivity contribution < 1.29 is 0 Å². The van der Waals surface area contributed by atoms with Gasteiger partial charge in [0.2, 0.25) is 0 Å². The molecule has 0 spiro atoms. The summed E-state index contributed by atoms with van der Waals surface area (Å²) >= 11 is 6.26. The van der Waals surface area contributed by atoms with Gasteiger partial charge in [0.1, 0.15) is 0 Å². The lowest BCUT2D eigenvalue weighted by molar-refractivity contribution is 0.731. The van der Waals surface area contributed by atoms with E-state index in [2.05, 4.69) is 45.9 Å². The maximum atomic E-state index is 6.26. The Kier molecular flexibility index (Phi) is 4.66. The molecule has 1 heteroatoms. The standard InChI is InChI=1S/C14H20Cl/c1-5-10(3)12-7-8-13(11(4)6-2)14(15)9-12/h7-11H,4-6H2,1-3H3. The van der Waals surface area contributed by atoms with E-state index in [1.165, 1.54) is 11.1 Å². The first-order chi connectivity index (χ1) is 7.10. The lowest BCUT2D eigenvalue weighted by Gasteiger charge is -2.15. The third kappa shape index (κ3) is 2.98. The molecule has 0 saturated carbocycles. The van der Waals surface area contributed by atoms with Crippen molar-refractivity contribution in [1.29, 1.82) is 0 Å². The zero-order chi connectivity index (χ0) is 11.4. The fourth-order valence-electron chi connectivity index (χ4n) is 1.64. The van der Waals surface area contributed by atoms with Crippen molar-refractivity contribution in [3.05, 3.63) is 41.3 Å². The maximum absolute atomic E-state index is 6.26. The van der Waals surface area contributed by atoms with Crippen LogP contribution in [0.1, 0.15) is 56.6 Å². The average molecular weight is 224 g/mol. The van der Waals surface area contributed by atoms with E-state index in [9.17, 15) is 0 Å². The number of rotatable bonds is 4. The van der Waals surface area contributed by atoms with Crippen molar-refractivity contribution >= 4 is 11.6 Å². The van der Waals surface area contributed by atoms with Crippen molar-refractivity contribution in [3.8, 4) is 0 Å². The van der Waals surface area contributed by atoms with Gasteiger partial charge in [0.25, 0.3) is 0 Å². The summed E-state index contributed by atoms with van der Waals surface area (Å²) in [6, 6.07) is 6.41. The van der Waals surface area contributed by atoms with Crippen LogP contribution in [0.2, 0.25) is 5.02 Å². The van der Waals surface area contributed by atoms with Gasteiger partial charge < -0.3 is 0 Å². The van der Waals surface area contributed by atoms with Crippen molar-refractivity contribution in [1.82, 2.24) is 0 Å². The number of halogens is 1. The van der Waals surface area contributed by atoms with Gasteiger partial charge in [0.15, 0.2) is 0 Å². The minimum atomic E-state index is 0.309. The van der Waals surface area contributed by atoms with E-state index >= 15 is 0 Å². The summed E-state index contributed by atoms with van der Waals surface area (Å²) in [5.41, 5.74) is 2.50. The molecule has 0 saturated heterocycles. The molecule has 1 aromatic rings. The highest BCUT2D eigenvalue weighted by atomic mass is 35.5. The maximum Gasteiger partial charge on any atom is 0.0443 e. The van der Waals surface area contributed by atoms with Crippen LogP contribution in [0.3, 0.4) is 0 Å². The first-order valence-electron chi connectivity index (χ1n) is 5.72. The highest BCUT2D eigenvalue weighted by Gasteiger charge is 2.10. The average Bonchev–Trinajstić information content (AvgIpc) is 2.26. The molecule has 0 fully saturated rings. The van der Waals surface area contributed by atoms with Gasteiger partial charge in [-0.1, -0.05) is 44.5 Å². The molecule has 2 unspecified atom stereocenters. The number of hydrogen-bond donors (Lipinski definition) is 0. The van der Waals surface area contributed by atoms with E-state index in [4.69, 9.17) is 11.6 Å². The Morgan fingerprint density at radius 2 is 1.93 bits per heavy atom. The summed E-state index contributed by atoms with van der Waals surface area (Å²) in [6.45, 7) is 10.7. The van der Waals surface area contributed by atoms with Crippen LogP contribution < -0.4 is 0 Å². The van der Waals surface area contributed by atoms with E-state index in [-0.39, 0.29) is 0 Å². The van der Waals surface area contributed by atoms with Crippen LogP contribution in [-0.2, 0) is 0 Å². The summed E-state index contributed by atoms with van der Waals surface area (Å²) < 4.78 is 0. The van der Waals surface area contributed by atoms with Gasteiger partial charge in [0.05, 0.1) is 0 Å². The monoisotopic (exact) mass is 223 g/mol. The van der Waals surface area contributed by atoms with E-state index in [1.807, 2.05) is 0 Å². The van der Waals surface area contributed by atoms with Gasteiger partial charge in [0, 0.05) is 5.02 Å². The highest BCUT2D eigenvalue weighted by Crippen LogP contribution is 2.30. The first-order valence-corrected chi connectivity index (χ1v) is 6.10. The Morgan fingerprint density at radius 1 is 1.27 bits per heavy atom. The minimum Gasteiger partial charge on any atom is -0.0840 e. The number of hydrogen-bond acceptors (Lipinski definition) is 0. The summed E-state index contributed by atoms with van der Waals surface area (Å²) in [7, 11) is 0. The third-order valence-corrected chi connectivity index (χ3v) is 3.47. The predicted molar refractivity (Wildman–Crippen MR) is 68.5 cm³/mol. The van der Waals surface area contributed by atoms with Crippen molar-refractivity contribution in [2.75, 3.05) is 0 Å². The van der Waals surface area contributed by atoms with Crippen LogP contribution in [0.4, 0.5) is 0 Å². The lowest BCUT2D eigenvalue weighted by atomic mass is 9.93. The molecule has 15 heavy (non-hydrogen) atoms. The van der Waals surface area contributed by atoms with Gasteiger partial charge in [-0.15, -0.1) is 0 Å². The smallest absolute Gasteiger partial charge is 0.0443 e. The third-order valence-electron chi connectivity index (χ3n) is 3.14. The lowest BCUT2D eigenvalue weighted by Crippen LogP contribution is -1.96. The van der Waals surface area contributed by atoms with Gasteiger partial charge in [-0.3, -0.25) is 0 Å². The predicted octanol–water partition coefficient (Wildman–Crippen LogP) is 5.18. The molecule has 1 rings (SSSR count). The minimum absolute atomic E-state index is 0.309. The summed E-state index contributed by atoms with van der Waals surface area (Å²) in [6.07, 6.45) is 2.18.